The number of hydrogen-bond donors (Lipinski definition) is 2. The van der Waals surface area contributed by atoms with E-state index in [2.05, 4.69) is 31.3 Å². The molecule has 1 aromatic rings. The number of rotatable bonds is 9. The summed E-state index contributed by atoms with van der Waals surface area (Å²) >= 11 is 0. The summed E-state index contributed by atoms with van der Waals surface area (Å²) in [6, 6.07) is 8.71. The van der Waals surface area contributed by atoms with Gasteiger partial charge in [0.1, 0.15) is 0 Å². The molecule has 1 aromatic carbocycles. The number of aliphatic hydroxyl groups excluding tert-OH is 1. The van der Waals surface area contributed by atoms with Crippen molar-refractivity contribution < 1.29 is 5.11 Å². The van der Waals surface area contributed by atoms with Crippen molar-refractivity contribution in [3.05, 3.63) is 35.4 Å². The maximum absolute atomic E-state index is 9.09. The monoisotopic (exact) mass is 249 g/mol. The highest BCUT2D eigenvalue weighted by Crippen LogP contribution is 2.08. The van der Waals surface area contributed by atoms with Gasteiger partial charge in [0.15, 0.2) is 0 Å². The summed E-state index contributed by atoms with van der Waals surface area (Å²) in [5, 5.41) is 12.6. The van der Waals surface area contributed by atoms with Gasteiger partial charge in [0, 0.05) is 12.6 Å². The minimum Gasteiger partial charge on any atom is -0.392 e. The molecule has 0 fully saturated rings. The first-order chi connectivity index (χ1) is 8.76. The number of unbranched alkanes of at least 4 members (excludes halogenated alkanes) is 3. The van der Waals surface area contributed by atoms with E-state index in [0.29, 0.717) is 6.04 Å². The molecule has 0 saturated carbocycles. The van der Waals surface area contributed by atoms with Crippen molar-refractivity contribution in [2.75, 3.05) is 0 Å². The molecule has 1 atom stereocenters. The average Bonchev–Trinajstić information content (AvgIpc) is 2.41. The molecule has 18 heavy (non-hydrogen) atoms. The fourth-order valence-electron chi connectivity index (χ4n) is 2.11. The van der Waals surface area contributed by atoms with E-state index in [1.54, 1.807) is 0 Å². The van der Waals surface area contributed by atoms with Gasteiger partial charge in [-0.1, -0.05) is 56.9 Å². The van der Waals surface area contributed by atoms with Gasteiger partial charge >= 0.3 is 0 Å². The van der Waals surface area contributed by atoms with Crippen molar-refractivity contribution in [1.29, 1.82) is 0 Å². The van der Waals surface area contributed by atoms with E-state index in [9.17, 15) is 0 Å². The van der Waals surface area contributed by atoms with Crippen LogP contribution in [0.5, 0.6) is 0 Å². The van der Waals surface area contributed by atoms with Crippen LogP contribution in [0.3, 0.4) is 0 Å². The van der Waals surface area contributed by atoms with Gasteiger partial charge in [-0.15, -0.1) is 0 Å². The largest absolute Gasteiger partial charge is 0.392 e. The average molecular weight is 249 g/mol. The summed E-state index contributed by atoms with van der Waals surface area (Å²) in [5.74, 6) is 0. The number of hydrogen-bond acceptors (Lipinski definition) is 2. The van der Waals surface area contributed by atoms with E-state index in [1.165, 1.54) is 37.7 Å². The molecule has 1 unspecified atom stereocenters. The number of nitrogens with one attached hydrogen (secondary N) is 1. The zero-order valence-electron chi connectivity index (χ0n) is 11.8. The van der Waals surface area contributed by atoms with Crippen LogP contribution >= 0.6 is 0 Å². The van der Waals surface area contributed by atoms with Gasteiger partial charge in [0.2, 0.25) is 0 Å². The highest BCUT2D eigenvalue weighted by Gasteiger charge is 2.02. The number of aliphatic hydroxyl groups is 1. The lowest BCUT2D eigenvalue weighted by Crippen LogP contribution is -2.25. The molecule has 2 nitrogen and oxygen atoms in total. The lowest BCUT2D eigenvalue weighted by molar-refractivity contribution is 0.281. The van der Waals surface area contributed by atoms with Crippen LogP contribution in [-0.2, 0) is 13.2 Å². The molecule has 1 rings (SSSR count). The van der Waals surface area contributed by atoms with Crippen molar-refractivity contribution in [3.63, 3.8) is 0 Å². The van der Waals surface area contributed by atoms with Crippen LogP contribution in [0.25, 0.3) is 0 Å². The molecule has 0 spiro atoms. The van der Waals surface area contributed by atoms with Crippen LogP contribution in [0.1, 0.15) is 57.1 Å². The fourth-order valence-corrected chi connectivity index (χ4v) is 2.11. The van der Waals surface area contributed by atoms with E-state index < -0.39 is 0 Å². The molecule has 0 heterocycles. The highest BCUT2D eigenvalue weighted by molar-refractivity contribution is 5.22. The molecule has 0 aromatic heterocycles. The van der Waals surface area contributed by atoms with Crippen LogP contribution in [-0.4, -0.2) is 11.1 Å². The summed E-state index contributed by atoms with van der Waals surface area (Å²) in [6.45, 7) is 5.51. The zero-order chi connectivity index (χ0) is 13.2. The third-order valence-electron chi connectivity index (χ3n) is 3.32. The van der Waals surface area contributed by atoms with Gasteiger partial charge in [0.25, 0.3) is 0 Å². The second-order valence-electron chi connectivity index (χ2n) is 5.11. The molecule has 0 aliphatic rings. The molecule has 0 saturated heterocycles. The van der Waals surface area contributed by atoms with E-state index in [1.807, 2.05) is 12.1 Å². The Balaban J connectivity index is 2.22. The summed E-state index contributed by atoms with van der Waals surface area (Å²) in [6.07, 6.45) is 6.57. The van der Waals surface area contributed by atoms with Crippen molar-refractivity contribution in [2.45, 2.75) is 65.1 Å². The SMILES string of the molecule is CCCCCCC(C)NCc1cccc(CO)c1. The maximum Gasteiger partial charge on any atom is 0.0681 e. The molecule has 0 radical (unpaired) electrons. The van der Waals surface area contributed by atoms with Crippen LogP contribution in [0.2, 0.25) is 0 Å². The molecule has 0 aliphatic carbocycles. The summed E-state index contributed by atoms with van der Waals surface area (Å²) < 4.78 is 0. The molecule has 2 heteroatoms. The minimum absolute atomic E-state index is 0.125. The molecule has 102 valence electrons. The second-order valence-corrected chi connectivity index (χ2v) is 5.11. The maximum atomic E-state index is 9.09. The number of benzene rings is 1. The Morgan fingerprint density at radius 3 is 2.67 bits per heavy atom. The van der Waals surface area contributed by atoms with Gasteiger partial charge in [-0.25, -0.2) is 0 Å². The van der Waals surface area contributed by atoms with Crippen molar-refractivity contribution in [1.82, 2.24) is 5.32 Å². The quantitative estimate of drug-likeness (QED) is 0.655. The fraction of sp³-hybridized carbons (Fsp3) is 0.625. The Kier molecular flexibility index (Phi) is 7.70. The molecule has 0 amide bonds. The summed E-state index contributed by atoms with van der Waals surface area (Å²) in [7, 11) is 0. The summed E-state index contributed by atoms with van der Waals surface area (Å²) in [4.78, 5) is 0. The van der Waals surface area contributed by atoms with Gasteiger partial charge in [0.05, 0.1) is 6.61 Å². The molecule has 0 aliphatic heterocycles. The van der Waals surface area contributed by atoms with E-state index >= 15 is 0 Å². The first-order valence-corrected chi connectivity index (χ1v) is 7.18. The predicted octanol–water partition coefficient (Wildman–Crippen LogP) is 3.63. The highest BCUT2D eigenvalue weighted by atomic mass is 16.3. The van der Waals surface area contributed by atoms with Crippen LogP contribution in [0, 0.1) is 0 Å². The van der Waals surface area contributed by atoms with Crippen LogP contribution < -0.4 is 5.32 Å². The standard InChI is InChI=1S/C16H27NO/c1-3-4-5-6-8-14(2)17-12-15-9-7-10-16(11-15)13-18/h7,9-11,14,17-18H,3-6,8,12-13H2,1-2H3. The lowest BCUT2D eigenvalue weighted by Gasteiger charge is -2.14. The van der Waals surface area contributed by atoms with E-state index in [0.717, 1.165) is 12.1 Å². The third kappa shape index (κ3) is 6.18. The van der Waals surface area contributed by atoms with Gasteiger partial charge in [-0.05, 0) is 24.5 Å². The third-order valence-corrected chi connectivity index (χ3v) is 3.32. The Morgan fingerprint density at radius 2 is 1.94 bits per heavy atom. The first-order valence-electron chi connectivity index (χ1n) is 7.18. The lowest BCUT2D eigenvalue weighted by atomic mass is 10.1. The van der Waals surface area contributed by atoms with Crippen LogP contribution in [0.15, 0.2) is 24.3 Å². The Bertz CT molecular complexity index is 325. The van der Waals surface area contributed by atoms with Gasteiger partial charge in [-0.2, -0.15) is 0 Å². The predicted molar refractivity (Wildman–Crippen MR) is 77.4 cm³/mol. The van der Waals surface area contributed by atoms with E-state index in [-0.39, 0.29) is 6.61 Å². The second kappa shape index (κ2) is 9.12. The van der Waals surface area contributed by atoms with Gasteiger partial charge < -0.3 is 10.4 Å². The van der Waals surface area contributed by atoms with Crippen molar-refractivity contribution >= 4 is 0 Å². The molecular weight excluding hydrogens is 222 g/mol. The minimum atomic E-state index is 0.125. The zero-order valence-corrected chi connectivity index (χ0v) is 11.8. The normalized spacial score (nSPS) is 12.6. The molecular formula is C16H27NO. The Labute approximate surface area is 111 Å². The van der Waals surface area contributed by atoms with Crippen LogP contribution in [0.4, 0.5) is 0 Å². The Hall–Kier alpha value is -0.860. The van der Waals surface area contributed by atoms with Crippen molar-refractivity contribution in [3.8, 4) is 0 Å². The smallest absolute Gasteiger partial charge is 0.0681 e. The molecule has 2 N–H and O–H groups in total. The van der Waals surface area contributed by atoms with Gasteiger partial charge in [-0.3, -0.25) is 0 Å². The summed E-state index contributed by atoms with van der Waals surface area (Å²) in [5.41, 5.74) is 2.24. The first kappa shape index (κ1) is 15.2. The van der Waals surface area contributed by atoms with E-state index in [4.69, 9.17) is 5.11 Å². The topological polar surface area (TPSA) is 32.3 Å². The Morgan fingerprint density at radius 1 is 1.17 bits per heavy atom. The molecule has 0 bridgehead atoms. The van der Waals surface area contributed by atoms with Crippen molar-refractivity contribution in [2.24, 2.45) is 0 Å².